The molecule has 0 saturated carbocycles. The third kappa shape index (κ3) is 6.34. The average molecular weight is 447 g/mol. The molecule has 2 aromatic carbocycles. The van der Waals surface area contributed by atoms with Gasteiger partial charge >= 0.3 is 6.03 Å². The number of hydrogen-bond acceptors (Lipinski definition) is 6. The standard InChI is InChI=1S/C21H23ClN4O5/c1-3-26(10-19(27)24-16-8-14(22)5-4-13(16)2)11-20(28)25-21(29)23-15-6-7-17-18(9-15)31-12-30-17/h4-9H,3,10-12H2,1-2H3,(H,24,27)(H2,23,25,28,29). The molecule has 0 aromatic heterocycles. The summed E-state index contributed by atoms with van der Waals surface area (Å²) in [5.74, 6) is 0.283. The molecule has 3 rings (SSSR count). The van der Waals surface area contributed by atoms with E-state index < -0.39 is 11.9 Å². The van der Waals surface area contributed by atoms with Crippen LogP contribution in [0.25, 0.3) is 0 Å². The number of anilines is 2. The summed E-state index contributed by atoms with van der Waals surface area (Å²) in [4.78, 5) is 38.3. The lowest BCUT2D eigenvalue weighted by Gasteiger charge is -2.19. The van der Waals surface area contributed by atoms with Crippen molar-refractivity contribution in [2.75, 3.05) is 37.1 Å². The molecule has 4 amide bonds. The first kappa shape index (κ1) is 22.4. The van der Waals surface area contributed by atoms with E-state index in [9.17, 15) is 14.4 Å². The van der Waals surface area contributed by atoms with Crippen molar-refractivity contribution in [3.63, 3.8) is 0 Å². The number of benzene rings is 2. The molecule has 9 nitrogen and oxygen atoms in total. The molecule has 0 saturated heterocycles. The second kappa shape index (κ2) is 10.1. The topological polar surface area (TPSA) is 109 Å². The Hall–Kier alpha value is -3.30. The van der Waals surface area contributed by atoms with Gasteiger partial charge in [0.2, 0.25) is 18.6 Å². The number of likely N-dealkylation sites (N-methyl/N-ethyl adjacent to an activating group) is 1. The van der Waals surface area contributed by atoms with E-state index in [1.54, 1.807) is 35.2 Å². The number of carbonyl (C=O) groups excluding carboxylic acids is 3. The number of amides is 4. The van der Waals surface area contributed by atoms with Gasteiger partial charge in [-0.3, -0.25) is 19.8 Å². The first-order chi connectivity index (χ1) is 14.8. The van der Waals surface area contributed by atoms with Crippen LogP contribution in [0.4, 0.5) is 16.2 Å². The highest BCUT2D eigenvalue weighted by atomic mass is 35.5. The second-order valence-electron chi connectivity index (χ2n) is 6.88. The lowest BCUT2D eigenvalue weighted by Crippen LogP contribution is -2.44. The Morgan fingerprint density at radius 1 is 1.00 bits per heavy atom. The summed E-state index contributed by atoms with van der Waals surface area (Å²) in [5, 5.41) is 8.11. The number of hydrogen-bond donors (Lipinski definition) is 3. The maximum atomic E-state index is 12.4. The van der Waals surface area contributed by atoms with Crippen molar-refractivity contribution in [3.8, 4) is 11.5 Å². The Bertz CT molecular complexity index is 998. The number of nitrogens with one attached hydrogen (secondary N) is 3. The van der Waals surface area contributed by atoms with Gasteiger partial charge in [0, 0.05) is 22.5 Å². The van der Waals surface area contributed by atoms with Crippen molar-refractivity contribution in [3.05, 3.63) is 47.0 Å². The molecule has 0 fully saturated rings. The van der Waals surface area contributed by atoms with E-state index in [0.717, 1.165) is 5.56 Å². The van der Waals surface area contributed by atoms with Crippen molar-refractivity contribution < 1.29 is 23.9 Å². The van der Waals surface area contributed by atoms with E-state index in [2.05, 4.69) is 16.0 Å². The van der Waals surface area contributed by atoms with Crippen LogP contribution < -0.4 is 25.4 Å². The van der Waals surface area contributed by atoms with Gasteiger partial charge in [-0.2, -0.15) is 0 Å². The van der Waals surface area contributed by atoms with Crippen molar-refractivity contribution in [1.29, 1.82) is 0 Å². The van der Waals surface area contributed by atoms with Crippen molar-refractivity contribution in [2.24, 2.45) is 0 Å². The summed E-state index contributed by atoms with van der Waals surface area (Å²) < 4.78 is 10.5. The minimum atomic E-state index is -0.682. The fourth-order valence-electron chi connectivity index (χ4n) is 2.91. The molecule has 0 spiro atoms. The lowest BCUT2D eigenvalue weighted by atomic mass is 10.2. The number of imide groups is 1. The SMILES string of the molecule is CCN(CC(=O)NC(=O)Nc1ccc2c(c1)OCO2)CC(=O)Nc1cc(Cl)ccc1C. The molecule has 0 aliphatic carbocycles. The number of aryl methyl sites for hydroxylation is 1. The molecule has 164 valence electrons. The van der Waals surface area contributed by atoms with Crippen molar-refractivity contribution in [2.45, 2.75) is 13.8 Å². The maximum Gasteiger partial charge on any atom is 0.325 e. The van der Waals surface area contributed by atoms with Gasteiger partial charge in [-0.1, -0.05) is 24.6 Å². The monoisotopic (exact) mass is 446 g/mol. The van der Waals surface area contributed by atoms with Gasteiger partial charge in [0.05, 0.1) is 13.1 Å². The van der Waals surface area contributed by atoms with Gasteiger partial charge in [0.15, 0.2) is 11.5 Å². The zero-order valence-electron chi connectivity index (χ0n) is 17.2. The van der Waals surface area contributed by atoms with E-state index in [-0.39, 0.29) is 25.8 Å². The molecular weight excluding hydrogens is 424 g/mol. The van der Waals surface area contributed by atoms with Crippen molar-refractivity contribution in [1.82, 2.24) is 10.2 Å². The van der Waals surface area contributed by atoms with Gasteiger partial charge in [0.25, 0.3) is 0 Å². The zero-order chi connectivity index (χ0) is 22.4. The number of carbonyl (C=O) groups is 3. The van der Waals surface area contributed by atoms with Crippen LogP contribution >= 0.6 is 11.6 Å². The van der Waals surface area contributed by atoms with E-state index in [0.29, 0.717) is 34.4 Å². The number of urea groups is 1. The van der Waals surface area contributed by atoms with Gasteiger partial charge in [0.1, 0.15) is 0 Å². The molecule has 31 heavy (non-hydrogen) atoms. The molecule has 1 aliphatic rings. The molecule has 1 heterocycles. The highest BCUT2D eigenvalue weighted by Crippen LogP contribution is 2.34. The van der Waals surface area contributed by atoms with E-state index in [4.69, 9.17) is 21.1 Å². The van der Waals surface area contributed by atoms with Crippen LogP contribution in [0.15, 0.2) is 36.4 Å². The smallest absolute Gasteiger partial charge is 0.325 e. The third-order valence-corrected chi connectivity index (χ3v) is 4.77. The molecule has 0 bridgehead atoms. The summed E-state index contributed by atoms with van der Waals surface area (Å²) in [5.41, 5.74) is 1.94. The summed E-state index contributed by atoms with van der Waals surface area (Å²) >= 11 is 5.97. The Labute approximate surface area is 184 Å². The minimum Gasteiger partial charge on any atom is -0.454 e. The zero-order valence-corrected chi connectivity index (χ0v) is 17.9. The summed E-state index contributed by atoms with van der Waals surface area (Å²) in [6, 6.07) is 9.44. The highest BCUT2D eigenvalue weighted by molar-refractivity contribution is 6.31. The highest BCUT2D eigenvalue weighted by Gasteiger charge is 2.17. The summed E-state index contributed by atoms with van der Waals surface area (Å²) in [6.07, 6.45) is 0. The van der Waals surface area contributed by atoms with E-state index in [1.165, 1.54) is 0 Å². The number of rotatable bonds is 7. The molecular formula is C21H23ClN4O5. The van der Waals surface area contributed by atoms with Crippen LogP contribution in [0.5, 0.6) is 11.5 Å². The number of fused-ring (bicyclic) bond motifs is 1. The maximum absolute atomic E-state index is 12.4. The number of ether oxygens (including phenoxy) is 2. The molecule has 10 heteroatoms. The predicted molar refractivity (Wildman–Crippen MR) is 117 cm³/mol. The Balaban J connectivity index is 1.48. The average Bonchev–Trinajstić information content (AvgIpc) is 3.17. The molecule has 2 aromatic rings. The van der Waals surface area contributed by atoms with Gasteiger partial charge in [-0.05, 0) is 43.3 Å². The first-order valence-electron chi connectivity index (χ1n) is 9.63. The normalized spacial score (nSPS) is 11.9. The van der Waals surface area contributed by atoms with Crippen LogP contribution in [0.2, 0.25) is 5.02 Å². The van der Waals surface area contributed by atoms with E-state index >= 15 is 0 Å². The van der Waals surface area contributed by atoms with Crippen LogP contribution in [0.3, 0.4) is 0 Å². The number of halogens is 1. The molecule has 0 atom stereocenters. The molecule has 1 aliphatic heterocycles. The van der Waals surface area contributed by atoms with E-state index in [1.807, 2.05) is 19.9 Å². The number of nitrogens with zero attached hydrogens (tertiary/aromatic N) is 1. The largest absolute Gasteiger partial charge is 0.454 e. The Morgan fingerprint density at radius 2 is 1.74 bits per heavy atom. The first-order valence-corrected chi connectivity index (χ1v) is 10.0. The second-order valence-corrected chi connectivity index (χ2v) is 7.32. The summed E-state index contributed by atoms with van der Waals surface area (Å²) in [6.45, 7) is 4.11. The fraction of sp³-hybridized carbons (Fsp3) is 0.286. The molecule has 0 unspecified atom stereocenters. The Morgan fingerprint density at radius 3 is 2.52 bits per heavy atom. The molecule has 0 radical (unpaired) electrons. The lowest BCUT2D eigenvalue weighted by molar-refractivity contribution is -0.122. The fourth-order valence-corrected chi connectivity index (χ4v) is 3.08. The predicted octanol–water partition coefficient (Wildman–Crippen LogP) is 2.99. The van der Waals surface area contributed by atoms with Crippen LogP contribution in [-0.4, -0.2) is 49.2 Å². The quantitative estimate of drug-likeness (QED) is 0.603. The van der Waals surface area contributed by atoms with Crippen LogP contribution in [0.1, 0.15) is 12.5 Å². The third-order valence-electron chi connectivity index (χ3n) is 4.54. The van der Waals surface area contributed by atoms with Crippen LogP contribution in [0, 0.1) is 6.92 Å². The van der Waals surface area contributed by atoms with Gasteiger partial charge in [-0.25, -0.2) is 4.79 Å². The van der Waals surface area contributed by atoms with Gasteiger partial charge in [-0.15, -0.1) is 0 Å². The van der Waals surface area contributed by atoms with Gasteiger partial charge < -0.3 is 20.1 Å². The van der Waals surface area contributed by atoms with Crippen molar-refractivity contribution >= 4 is 40.8 Å². The molecule has 3 N–H and O–H groups in total. The van der Waals surface area contributed by atoms with Crippen LogP contribution in [-0.2, 0) is 9.59 Å². The Kier molecular flexibility index (Phi) is 7.32. The minimum absolute atomic E-state index is 0.0142. The summed E-state index contributed by atoms with van der Waals surface area (Å²) in [7, 11) is 0.